The molecule has 2 heteroatoms. The first-order valence-electron chi connectivity index (χ1n) is 6.29. The fourth-order valence-corrected chi connectivity index (χ4v) is 4.25. The second kappa shape index (κ2) is 2.78. The van der Waals surface area contributed by atoms with Gasteiger partial charge in [0.1, 0.15) is 0 Å². The van der Waals surface area contributed by atoms with Crippen LogP contribution in [-0.4, -0.2) is 18.0 Å². The summed E-state index contributed by atoms with van der Waals surface area (Å²) in [7, 11) is 0. The van der Waals surface area contributed by atoms with E-state index in [2.05, 4.69) is 20.8 Å². The minimum absolute atomic E-state index is 0.137. The maximum absolute atomic E-state index is 6.34. The fourth-order valence-electron chi connectivity index (χ4n) is 4.25. The molecule has 3 atom stereocenters. The van der Waals surface area contributed by atoms with Gasteiger partial charge in [0, 0.05) is 6.42 Å². The molecule has 2 saturated carbocycles. The highest BCUT2D eigenvalue weighted by Gasteiger charge is 2.62. The van der Waals surface area contributed by atoms with Crippen molar-refractivity contribution in [3.8, 4) is 0 Å². The molecular formula is C13H22O2. The number of rotatable bonds is 0. The van der Waals surface area contributed by atoms with Crippen LogP contribution in [0.15, 0.2) is 0 Å². The predicted octanol–water partition coefficient (Wildman–Crippen LogP) is 3.11. The maximum Gasteiger partial charge on any atom is 0.163 e. The summed E-state index contributed by atoms with van der Waals surface area (Å²) in [6.07, 6.45) is 6.53. The van der Waals surface area contributed by atoms with Crippen LogP contribution >= 0.6 is 0 Å². The van der Waals surface area contributed by atoms with Gasteiger partial charge in [0.2, 0.25) is 0 Å². The first-order valence-corrected chi connectivity index (χ1v) is 6.29. The lowest BCUT2D eigenvalue weighted by molar-refractivity contribution is -0.333. The predicted molar refractivity (Wildman–Crippen MR) is 58.5 cm³/mol. The van der Waals surface area contributed by atoms with Crippen LogP contribution in [0.3, 0.4) is 0 Å². The van der Waals surface area contributed by atoms with Gasteiger partial charge in [0.25, 0.3) is 0 Å². The first-order chi connectivity index (χ1) is 6.95. The van der Waals surface area contributed by atoms with Crippen molar-refractivity contribution in [3.63, 3.8) is 0 Å². The second-order valence-electron chi connectivity index (χ2n) is 6.47. The Morgan fingerprint density at radius 3 is 2.40 bits per heavy atom. The molecule has 0 aromatic rings. The smallest absolute Gasteiger partial charge is 0.163 e. The van der Waals surface area contributed by atoms with E-state index in [0.29, 0.717) is 5.41 Å². The lowest BCUT2D eigenvalue weighted by atomic mass is 9.70. The van der Waals surface area contributed by atoms with Crippen molar-refractivity contribution < 1.29 is 9.47 Å². The van der Waals surface area contributed by atoms with Crippen LogP contribution in [0.1, 0.15) is 52.9 Å². The van der Waals surface area contributed by atoms with E-state index in [9.17, 15) is 0 Å². The molecular weight excluding hydrogens is 188 g/mol. The Morgan fingerprint density at radius 2 is 1.87 bits per heavy atom. The molecule has 1 aliphatic heterocycles. The number of hydrogen-bond acceptors (Lipinski definition) is 2. The summed E-state index contributed by atoms with van der Waals surface area (Å²) in [4.78, 5) is 0. The van der Waals surface area contributed by atoms with Gasteiger partial charge in [-0.1, -0.05) is 6.92 Å². The van der Waals surface area contributed by atoms with Gasteiger partial charge in [-0.3, -0.25) is 0 Å². The molecule has 0 aromatic carbocycles. The maximum atomic E-state index is 6.34. The van der Waals surface area contributed by atoms with Crippen molar-refractivity contribution in [2.75, 3.05) is 6.61 Å². The van der Waals surface area contributed by atoms with Gasteiger partial charge in [0.05, 0.1) is 12.2 Å². The Balaban J connectivity index is 1.91. The highest BCUT2D eigenvalue weighted by atomic mass is 16.7. The van der Waals surface area contributed by atoms with Gasteiger partial charge in [-0.05, 0) is 50.9 Å². The van der Waals surface area contributed by atoms with E-state index in [4.69, 9.17) is 9.47 Å². The van der Waals surface area contributed by atoms with Crippen molar-refractivity contribution in [2.24, 2.45) is 11.3 Å². The molecule has 3 aliphatic rings. The lowest BCUT2D eigenvalue weighted by Gasteiger charge is -2.52. The third kappa shape index (κ3) is 1.31. The highest BCUT2D eigenvalue weighted by Crippen LogP contribution is 2.64. The lowest BCUT2D eigenvalue weighted by Crippen LogP contribution is -2.55. The standard InChI is InChI=1S/C13H22O2/c1-11(2)14-7-6-13(15-11)9-10-4-5-12(13,3)8-10/h10H,4-9H2,1-3H3. The average molecular weight is 210 g/mol. The number of hydrogen-bond donors (Lipinski definition) is 0. The van der Waals surface area contributed by atoms with Crippen LogP contribution in [0.25, 0.3) is 0 Å². The SMILES string of the molecule is CC1(C)OCCC2(CC3CCC2(C)C3)O1. The zero-order chi connectivity index (χ0) is 10.7. The molecule has 86 valence electrons. The van der Waals surface area contributed by atoms with Crippen molar-refractivity contribution in [1.29, 1.82) is 0 Å². The first kappa shape index (κ1) is 10.1. The minimum Gasteiger partial charge on any atom is -0.350 e. The monoisotopic (exact) mass is 210 g/mol. The Morgan fingerprint density at radius 1 is 1.07 bits per heavy atom. The van der Waals surface area contributed by atoms with E-state index in [1.54, 1.807) is 0 Å². The molecule has 2 bridgehead atoms. The molecule has 2 aliphatic carbocycles. The van der Waals surface area contributed by atoms with Crippen LogP contribution in [0.5, 0.6) is 0 Å². The molecule has 0 aromatic heterocycles. The fraction of sp³-hybridized carbons (Fsp3) is 1.00. The molecule has 1 saturated heterocycles. The van der Waals surface area contributed by atoms with Gasteiger partial charge in [-0.2, -0.15) is 0 Å². The molecule has 0 radical (unpaired) electrons. The number of fused-ring (bicyclic) bond motifs is 3. The Labute approximate surface area is 92.3 Å². The summed E-state index contributed by atoms with van der Waals surface area (Å²) < 4.78 is 12.0. The highest BCUT2D eigenvalue weighted by molar-refractivity contribution is 5.11. The topological polar surface area (TPSA) is 18.5 Å². The third-order valence-electron chi connectivity index (χ3n) is 4.96. The van der Waals surface area contributed by atoms with E-state index in [-0.39, 0.29) is 11.4 Å². The summed E-state index contributed by atoms with van der Waals surface area (Å²) >= 11 is 0. The summed E-state index contributed by atoms with van der Waals surface area (Å²) in [5.74, 6) is 0.551. The van der Waals surface area contributed by atoms with Gasteiger partial charge in [-0.25, -0.2) is 0 Å². The Kier molecular flexibility index (Phi) is 1.87. The van der Waals surface area contributed by atoms with Gasteiger partial charge in [-0.15, -0.1) is 0 Å². The Hall–Kier alpha value is -0.0800. The molecule has 3 fully saturated rings. The summed E-state index contributed by atoms with van der Waals surface area (Å²) in [5.41, 5.74) is 0.566. The Bertz CT molecular complexity index is 286. The zero-order valence-electron chi connectivity index (χ0n) is 10.1. The average Bonchev–Trinajstić information content (AvgIpc) is 2.56. The summed E-state index contributed by atoms with van der Waals surface area (Å²) in [6, 6.07) is 0. The molecule has 0 N–H and O–H groups in total. The molecule has 1 heterocycles. The third-order valence-corrected chi connectivity index (χ3v) is 4.96. The van der Waals surface area contributed by atoms with Crippen molar-refractivity contribution >= 4 is 0 Å². The van der Waals surface area contributed by atoms with E-state index in [1.165, 1.54) is 25.7 Å². The largest absolute Gasteiger partial charge is 0.350 e. The van der Waals surface area contributed by atoms with E-state index < -0.39 is 0 Å². The van der Waals surface area contributed by atoms with Crippen LogP contribution in [0.2, 0.25) is 0 Å². The van der Waals surface area contributed by atoms with Crippen molar-refractivity contribution in [3.05, 3.63) is 0 Å². The van der Waals surface area contributed by atoms with E-state index in [1.807, 2.05) is 0 Å². The molecule has 1 spiro atoms. The van der Waals surface area contributed by atoms with Gasteiger partial charge in [0.15, 0.2) is 5.79 Å². The second-order valence-corrected chi connectivity index (χ2v) is 6.47. The quantitative estimate of drug-likeness (QED) is 0.611. The summed E-state index contributed by atoms with van der Waals surface area (Å²) in [6.45, 7) is 7.42. The van der Waals surface area contributed by atoms with Crippen LogP contribution < -0.4 is 0 Å². The molecule has 3 unspecified atom stereocenters. The number of ether oxygens (including phenoxy) is 2. The van der Waals surface area contributed by atoms with Gasteiger partial charge < -0.3 is 9.47 Å². The van der Waals surface area contributed by atoms with Crippen molar-refractivity contribution in [1.82, 2.24) is 0 Å². The molecule has 0 amide bonds. The van der Waals surface area contributed by atoms with Crippen molar-refractivity contribution in [2.45, 2.75) is 64.3 Å². The summed E-state index contributed by atoms with van der Waals surface area (Å²) in [5, 5.41) is 0. The van der Waals surface area contributed by atoms with Crippen LogP contribution in [0.4, 0.5) is 0 Å². The molecule has 3 rings (SSSR count). The van der Waals surface area contributed by atoms with Gasteiger partial charge >= 0.3 is 0 Å². The molecule has 2 nitrogen and oxygen atoms in total. The van der Waals surface area contributed by atoms with Crippen LogP contribution in [-0.2, 0) is 9.47 Å². The van der Waals surface area contributed by atoms with E-state index in [0.717, 1.165) is 18.9 Å². The van der Waals surface area contributed by atoms with E-state index >= 15 is 0 Å². The minimum atomic E-state index is -0.369. The van der Waals surface area contributed by atoms with Crippen LogP contribution in [0, 0.1) is 11.3 Å². The molecule has 15 heavy (non-hydrogen) atoms. The zero-order valence-corrected chi connectivity index (χ0v) is 10.1. The normalized spacial score (nSPS) is 52.6.